The van der Waals surface area contributed by atoms with Crippen molar-refractivity contribution in [3.05, 3.63) is 29.6 Å². The van der Waals surface area contributed by atoms with E-state index in [1.807, 2.05) is 13.8 Å². The molecule has 0 fully saturated rings. The molecule has 1 aromatic carbocycles. The lowest BCUT2D eigenvalue weighted by atomic mass is 10.1. The molecule has 0 atom stereocenters. The molecule has 0 amide bonds. The highest BCUT2D eigenvalue weighted by atomic mass is 19.1. The van der Waals surface area contributed by atoms with Gasteiger partial charge in [-0.05, 0) is 32.0 Å². The number of ether oxygens (including phenoxy) is 1. The van der Waals surface area contributed by atoms with Crippen molar-refractivity contribution >= 4 is 0 Å². The van der Waals surface area contributed by atoms with Crippen LogP contribution in [0.1, 0.15) is 33.3 Å². The Morgan fingerprint density at radius 2 is 2.06 bits per heavy atom. The van der Waals surface area contributed by atoms with Gasteiger partial charge in [0.05, 0.1) is 5.60 Å². The van der Waals surface area contributed by atoms with Crippen molar-refractivity contribution < 1.29 is 14.2 Å². The maximum absolute atomic E-state index is 13.2. The van der Waals surface area contributed by atoms with Crippen LogP contribution in [0.5, 0.6) is 5.75 Å². The lowest BCUT2D eigenvalue weighted by molar-refractivity contribution is 0.0281. The molecular formula is C14H22FNO2. The van der Waals surface area contributed by atoms with Crippen LogP contribution < -0.4 is 10.1 Å². The number of rotatable bonds is 6. The van der Waals surface area contributed by atoms with Crippen LogP contribution in [0.25, 0.3) is 0 Å². The minimum atomic E-state index is -0.906. The molecule has 1 aromatic rings. The molecule has 18 heavy (non-hydrogen) atoms. The maximum atomic E-state index is 13.2. The number of halogens is 1. The lowest BCUT2D eigenvalue weighted by Gasteiger charge is -2.20. The average Bonchev–Trinajstić information content (AvgIpc) is 2.23. The normalized spacial score (nSPS) is 11.9. The van der Waals surface area contributed by atoms with Crippen molar-refractivity contribution in [2.45, 2.75) is 45.9 Å². The Morgan fingerprint density at radius 3 is 2.61 bits per heavy atom. The third-order valence-electron chi connectivity index (χ3n) is 2.30. The molecule has 3 nitrogen and oxygen atoms in total. The molecule has 1 rings (SSSR count). The summed E-state index contributed by atoms with van der Waals surface area (Å²) in [6.45, 7) is 8.10. The Kier molecular flexibility index (Phi) is 5.11. The highest BCUT2D eigenvalue weighted by Gasteiger charge is 2.15. The van der Waals surface area contributed by atoms with E-state index in [2.05, 4.69) is 5.32 Å². The molecule has 0 aliphatic rings. The van der Waals surface area contributed by atoms with Gasteiger partial charge in [0, 0.05) is 18.2 Å². The molecule has 0 saturated carbocycles. The summed E-state index contributed by atoms with van der Waals surface area (Å²) >= 11 is 0. The summed E-state index contributed by atoms with van der Waals surface area (Å²) in [6, 6.07) is 4.72. The first-order chi connectivity index (χ1) is 8.28. The average molecular weight is 255 g/mol. The van der Waals surface area contributed by atoms with Crippen LogP contribution >= 0.6 is 0 Å². The first-order valence-electron chi connectivity index (χ1n) is 6.15. The molecule has 102 valence electrons. The van der Waals surface area contributed by atoms with Gasteiger partial charge in [0.25, 0.3) is 0 Å². The van der Waals surface area contributed by atoms with Gasteiger partial charge < -0.3 is 15.2 Å². The number of aliphatic hydroxyl groups is 1. The molecule has 0 heterocycles. The van der Waals surface area contributed by atoms with Crippen LogP contribution in [0.15, 0.2) is 18.2 Å². The number of hydrogen-bond acceptors (Lipinski definition) is 3. The summed E-state index contributed by atoms with van der Waals surface area (Å²) in [6.07, 6.45) is 0. The minimum Gasteiger partial charge on any atom is -0.490 e. The summed E-state index contributed by atoms with van der Waals surface area (Å²) in [7, 11) is 0. The van der Waals surface area contributed by atoms with Gasteiger partial charge in [-0.2, -0.15) is 0 Å². The van der Waals surface area contributed by atoms with E-state index < -0.39 is 5.60 Å². The highest BCUT2D eigenvalue weighted by Crippen LogP contribution is 2.21. The molecule has 4 heteroatoms. The second-order valence-electron chi connectivity index (χ2n) is 5.39. The molecule has 0 aliphatic heterocycles. The van der Waals surface area contributed by atoms with E-state index in [-0.39, 0.29) is 12.4 Å². The molecule has 0 radical (unpaired) electrons. The number of nitrogens with one attached hydrogen (secondary N) is 1. The van der Waals surface area contributed by atoms with E-state index in [1.165, 1.54) is 12.1 Å². The number of hydrogen-bond donors (Lipinski definition) is 2. The molecule has 0 spiro atoms. The third kappa shape index (κ3) is 5.47. The van der Waals surface area contributed by atoms with Gasteiger partial charge in [-0.25, -0.2) is 4.39 Å². The van der Waals surface area contributed by atoms with E-state index >= 15 is 0 Å². The van der Waals surface area contributed by atoms with E-state index in [1.54, 1.807) is 19.9 Å². The molecule has 0 unspecified atom stereocenters. The molecule has 0 bridgehead atoms. The van der Waals surface area contributed by atoms with Gasteiger partial charge >= 0.3 is 0 Å². The van der Waals surface area contributed by atoms with Crippen LogP contribution in [0.2, 0.25) is 0 Å². The van der Waals surface area contributed by atoms with Gasteiger partial charge in [-0.3, -0.25) is 0 Å². The van der Waals surface area contributed by atoms with Crippen LogP contribution in [-0.2, 0) is 6.54 Å². The first kappa shape index (κ1) is 14.9. The fraction of sp³-hybridized carbons (Fsp3) is 0.571. The lowest BCUT2D eigenvalue weighted by Crippen LogP contribution is -2.28. The Bertz CT molecular complexity index is 386. The zero-order valence-electron chi connectivity index (χ0n) is 11.5. The van der Waals surface area contributed by atoms with Gasteiger partial charge in [0.2, 0.25) is 0 Å². The fourth-order valence-corrected chi connectivity index (χ4v) is 1.40. The van der Waals surface area contributed by atoms with Crippen molar-refractivity contribution in [1.29, 1.82) is 0 Å². The van der Waals surface area contributed by atoms with Gasteiger partial charge in [0.1, 0.15) is 18.2 Å². The van der Waals surface area contributed by atoms with Crippen LogP contribution in [0, 0.1) is 5.82 Å². The summed E-state index contributed by atoms with van der Waals surface area (Å²) in [5.74, 6) is 0.317. The van der Waals surface area contributed by atoms with E-state index in [9.17, 15) is 9.50 Å². The summed E-state index contributed by atoms with van der Waals surface area (Å²) in [5, 5.41) is 12.8. The van der Waals surface area contributed by atoms with Gasteiger partial charge in [-0.1, -0.05) is 13.8 Å². The second-order valence-corrected chi connectivity index (χ2v) is 5.39. The van der Waals surface area contributed by atoms with Crippen molar-refractivity contribution in [2.24, 2.45) is 0 Å². The standard InChI is InChI=1S/C14H22FNO2/c1-10(2)16-8-11-7-12(15)5-6-13(11)18-9-14(3,4)17/h5-7,10,16-17H,8-9H2,1-4H3. The van der Waals surface area contributed by atoms with E-state index in [4.69, 9.17) is 4.74 Å². The Hall–Kier alpha value is -1.13. The smallest absolute Gasteiger partial charge is 0.124 e. The quantitative estimate of drug-likeness (QED) is 0.820. The Balaban J connectivity index is 2.76. The van der Waals surface area contributed by atoms with Gasteiger partial charge in [0.15, 0.2) is 0 Å². The Labute approximate surface area is 108 Å². The van der Waals surface area contributed by atoms with E-state index in [0.717, 1.165) is 5.56 Å². The van der Waals surface area contributed by atoms with Crippen LogP contribution in [0.3, 0.4) is 0 Å². The van der Waals surface area contributed by atoms with Crippen LogP contribution in [-0.4, -0.2) is 23.4 Å². The van der Waals surface area contributed by atoms with Crippen molar-refractivity contribution in [3.63, 3.8) is 0 Å². The topological polar surface area (TPSA) is 41.5 Å². The highest BCUT2D eigenvalue weighted by molar-refractivity contribution is 5.34. The van der Waals surface area contributed by atoms with Gasteiger partial charge in [-0.15, -0.1) is 0 Å². The third-order valence-corrected chi connectivity index (χ3v) is 2.30. The fourth-order valence-electron chi connectivity index (χ4n) is 1.40. The largest absolute Gasteiger partial charge is 0.490 e. The molecule has 0 saturated heterocycles. The van der Waals surface area contributed by atoms with Crippen LogP contribution in [0.4, 0.5) is 4.39 Å². The molecule has 0 aromatic heterocycles. The summed E-state index contributed by atoms with van der Waals surface area (Å²) in [5.41, 5.74) is -0.148. The number of benzene rings is 1. The Morgan fingerprint density at radius 1 is 1.39 bits per heavy atom. The second kappa shape index (κ2) is 6.16. The van der Waals surface area contributed by atoms with Crippen molar-refractivity contribution in [2.75, 3.05) is 6.61 Å². The van der Waals surface area contributed by atoms with E-state index in [0.29, 0.717) is 18.3 Å². The minimum absolute atomic E-state index is 0.174. The van der Waals surface area contributed by atoms with Crippen molar-refractivity contribution in [1.82, 2.24) is 5.32 Å². The molecule has 0 aliphatic carbocycles. The zero-order chi connectivity index (χ0) is 13.8. The molecule has 2 N–H and O–H groups in total. The predicted octanol–water partition coefficient (Wildman–Crippen LogP) is 2.47. The zero-order valence-corrected chi connectivity index (χ0v) is 11.5. The monoisotopic (exact) mass is 255 g/mol. The SMILES string of the molecule is CC(C)NCc1cc(F)ccc1OCC(C)(C)O. The van der Waals surface area contributed by atoms with Crippen molar-refractivity contribution in [3.8, 4) is 5.75 Å². The summed E-state index contributed by atoms with van der Waals surface area (Å²) < 4.78 is 18.7. The summed E-state index contributed by atoms with van der Waals surface area (Å²) in [4.78, 5) is 0. The first-order valence-corrected chi connectivity index (χ1v) is 6.15. The molecular weight excluding hydrogens is 233 g/mol. The maximum Gasteiger partial charge on any atom is 0.124 e. The predicted molar refractivity (Wildman–Crippen MR) is 70.2 cm³/mol.